The number of hydrogen-bond acceptors (Lipinski definition) is 8. The second-order valence-electron chi connectivity index (χ2n) is 32.2. The van der Waals surface area contributed by atoms with Crippen molar-refractivity contribution in [2.24, 2.45) is 98.6 Å². The Hall–Kier alpha value is 2.78. The predicted octanol–water partition coefficient (Wildman–Crippen LogP) is 13.4. The number of nitrogens with one attached hydrogen (secondary N) is 5. The summed E-state index contributed by atoms with van der Waals surface area (Å²) in [7, 11) is -9.07. The third-order valence-electron chi connectivity index (χ3n) is 25.6. The normalized spacial score (nSPS) is 36.3. The number of carbonyl (C=O) groups excluding carboxylic acids is 2. The molecule has 0 heterocycles. The molecule has 0 radical (unpaired) electrons. The van der Waals surface area contributed by atoms with Gasteiger partial charge in [0.2, 0.25) is 0 Å². The molecule has 4 unspecified atom stereocenters. The van der Waals surface area contributed by atoms with Crippen molar-refractivity contribution in [3.63, 3.8) is 0 Å². The summed E-state index contributed by atoms with van der Waals surface area (Å²) < 4.78 is 32.9. The van der Waals surface area contributed by atoms with Crippen molar-refractivity contribution in [1.82, 2.24) is 10.6 Å². The molecule has 0 aliphatic heterocycles. The predicted molar refractivity (Wildman–Crippen MR) is 370 cm³/mol. The van der Waals surface area contributed by atoms with Gasteiger partial charge in [-0.1, -0.05) is 182 Å². The number of fused-ring (bicyclic) bond motifs is 10. The van der Waals surface area contributed by atoms with Crippen molar-refractivity contribution < 1.29 is 199 Å². The Kier molecular flexibility index (Phi) is 44.8. The summed E-state index contributed by atoms with van der Waals surface area (Å²) >= 11 is 0. The molecular formula is C73H132FK2N5O10P2Pt2. The van der Waals surface area contributed by atoms with Gasteiger partial charge in [-0.2, -0.15) is 24.0 Å². The van der Waals surface area contributed by atoms with Crippen LogP contribution in [-0.2, 0) is 60.7 Å². The SMILES string of the molecule is CC(C)CCC[C@@H](C)[C@H]1CC[C@H]2[C@@H]3CC=C4C[C@@H](OC(=O)NCP(=O)(O)O)CC[C@]4(C)[C@H]3CC[C@]12C.CC(C)CCC[C@@H](C)[C@H]1CC[C@H]2[C@@H]3CC=C4C[C@@H](OC(=O)NCP(=O)([O-])[O-])CC[C@]4(C)[C@H]3CC[C@]12C.F.[2HH].[CH2-]C1CCCCC1[NH-].[CH3-].[CH3-].[K+].[K+].[NH-]C1CCCCC1[NH-].[Pt+2].[Pt+4]. The molecule has 8 saturated carbocycles. The third kappa shape index (κ3) is 26.6. The molecule has 0 aromatic carbocycles. The van der Waals surface area contributed by atoms with E-state index >= 15 is 0 Å². The van der Waals surface area contributed by atoms with Gasteiger partial charge >= 0.3 is 165 Å². The topological polar surface area (TPSA) is 269 Å². The summed E-state index contributed by atoms with van der Waals surface area (Å²) in [5.74, 6) is 9.98. The van der Waals surface area contributed by atoms with Crippen LogP contribution in [-0.4, -0.2) is 64.9 Å². The van der Waals surface area contributed by atoms with E-state index in [0.717, 1.165) is 136 Å². The van der Waals surface area contributed by atoms with E-state index in [9.17, 15) is 28.5 Å². The van der Waals surface area contributed by atoms with E-state index < -0.39 is 39.9 Å². The number of alkyl carbamates (subject to hydrolysis) is 2. The van der Waals surface area contributed by atoms with Crippen LogP contribution in [0.3, 0.4) is 0 Å². The zero-order chi connectivity index (χ0) is 64.6. The second-order valence-corrected chi connectivity index (χ2v) is 35.4. The van der Waals surface area contributed by atoms with Gasteiger partial charge < -0.3 is 83.2 Å². The Labute approximate surface area is 693 Å². The molecule has 0 bridgehead atoms. The first-order valence-corrected chi connectivity index (χ1v) is 39.1. The van der Waals surface area contributed by atoms with E-state index in [1.165, 1.54) is 133 Å². The molecule has 10 aliphatic carbocycles. The summed E-state index contributed by atoms with van der Waals surface area (Å²) in [4.78, 5) is 63.7. The van der Waals surface area contributed by atoms with E-state index in [1.807, 2.05) is 0 Å². The van der Waals surface area contributed by atoms with E-state index in [2.05, 4.69) is 98.9 Å². The smallest absolute Gasteiger partial charge is 0.810 e. The largest absolute Gasteiger partial charge is 4.00 e. The van der Waals surface area contributed by atoms with E-state index in [-0.39, 0.29) is 207 Å². The maximum absolute atomic E-state index is 12.1. The van der Waals surface area contributed by atoms with Crippen LogP contribution in [0.1, 0.15) is 263 Å². The first-order valence-electron chi connectivity index (χ1n) is 35.6. The molecule has 20 atom stereocenters. The van der Waals surface area contributed by atoms with Crippen LogP contribution in [0.15, 0.2) is 23.3 Å². The molecule has 10 aliphatic rings. The maximum atomic E-state index is 12.1. The number of ether oxygens (including phenoxy) is 2. The third-order valence-corrected chi connectivity index (χ3v) is 26.7. The van der Waals surface area contributed by atoms with Gasteiger partial charge in [0, 0.05) is 20.6 Å². The molecule has 8 fully saturated rings. The fourth-order valence-corrected chi connectivity index (χ4v) is 21.2. The molecule has 0 aromatic rings. The van der Waals surface area contributed by atoms with Gasteiger partial charge in [-0.05, 0) is 190 Å². The fraction of sp³-hybridized carbons (Fsp3) is 0.877. The van der Waals surface area contributed by atoms with Gasteiger partial charge in [-0.3, -0.25) is 9.27 Å². The molecule has 95 heavy (non-hydrogen) atoms. The molecule has 15 nitrogen and oxygen atoms in total. The first kappa shape index (κ1) is 97.8. The number of halogens is 1. The second kappa shape index (κ2) is 43.6. The zero-order valence-corrected chi connectivity index (χ0v) is 74.1. The number of amides is 2. The molecule has 548 valence electrons. The molecule has 22 heteroatoms. The molecule has 7 N–H and O–H groups in total. The van der Waals surface area contributed by atoms with Crippen LogP contribution >= 0.6 is 15.2 Å². The molecule has 0 aromatic heterocycles. The number of carbonyl (C=O) groups is 2. The Balaban J connectivity index is 0. The van der Waals surface area contributed by atoms with Gasteiger partial charge in [-0.15, -0.1) is 0 Å². The fourth-order valence-electron chi connectivity index (χ4n) is 20.6. The van der Waals surface area contributed by atoms with Gasteiger partial charge in [-0.25, -0.2) is 9.59 Å². The summed E-state index contributed by atoms with van der Waals surface area (Å²) in [6.07, 6.45) is 36.8. The van der Waals surface area contributed by atoms with Gasteiger partial charge in [0.25, 0.3) is 0 Å². The Morgan fingerprint density at radius 1 is 0.589 bits per heavy atom. The summed E-state index contributed by atoms with van der Waals surface area (Å²) in [5.41, 5.74) is 26.2. The summed E-state index contributed by atoms with van der Waals surface area (Å²) in [6, 6.07) is -0.0174. The Morgan fingerprint density at radius 3 is 1.28 bits per heavy atom. The zero-order valence-electron chi connectivity index (χ0n) is 61.5. The minimum absolute atomic E-state index is 0. The van der Waals surface area contributed by atoms with E-state index in [4.69, 9.17) is 36.5 Å². The number of hydrogen-bond donors (Lipinski definition) is 4. The molecule has 2 amide bonds. The van der Waals surface area contributed by atoms with Crippen LogP contribution in [0.4, 0.5) is 14.3 Å². The van der Waals surface area contributed by atoms with E-state index in [1.54, 1.807) is 0 Å². The monoisotopic (exact) mass is 1790 g/mol. The minimum atomic E-state index is -4.78. The van der Waals surface area contributed by atoms with Crippen molar-refractivity contribution in [3.05, 3.63) is 62.3 Å². The van der Waals surface area contributed by atoms with Gasteiger partial charge in [0.1, 0.15) is 18.5 Å². The molecule has 10 rings (SSSR count). The van der Waals surface area contributed by atoms with Gasteiger partial charge in [0.15, 0.2) is 0 Å². The Morgan fingerprint density at radius 2 is 0.958 bits per heavy atom. The Bertz CT molecular complexity index is 2280. The van der Waals surface area contributed by atoms with Crippen molar-refractivity contribution >= 4 is 27.4 Å². The van der Waals surface area contributed by atoms with Crippen LogP contribution in [0.5, 0.6) is 0 Å². The van der Waals surface area contributed by atoms with Gasteiger partial charge in [0.05, 0.1) is 0 Å². The quantitative estimate of drug-likeness (QED) is 0.0491. The van der Waals surface area contributed by atoms with Crippen molar-refractivity contribution in [2.45, 2.75) is 292 Å². The molecule has 0 saturated heterocycles. The van der Waals surface area contributed by atoms with Crippen LogP contribution in [0.25, 0.3) is 17.2 Å². The molecule has 0 spiro atoms. The molecular weight excluding hydrogens is 1660 g/mol. The maximum Gasteiger partial charge on any atom is 4.00 e. The van der Waals surface area contributed by atoms with Crippen molar-refractivity contribution in [2.75, 3.05) is 12.6 Å². The van der Waals surface area contributed by atoms with Crippen LogP contribution in [0, 0.1) is 120 Å². The number of rotatable bonds is 16. The summed E-state index contributed by atoms with van der Waals surface area (Å²) in [6.45, 7) is 28.5. The average molecular weight is 1790 g/mol. The standard InChI is InChI=1S/2C29H50NO5P.C7H13N.C6H12N2.2CH3.FH.2K.2Pt.H2/c2*1-19(2)7-6-8-20(3)24-11-12-25-23-10-9-21-17-22(35-27(31)30-18-36(32,33)34)13-15-28(21,4)26(23)14-16-29(24,25)5;1-6-4-2-3-5-7(6)8;7-5-3-1-2-4-6(5)8;;;;;;;;/h2*9,19-20,22-26H,6-8,10-18H2,1-5H3,(H,30,31)(H2,32,33,34);6-8H,1-5H2;5-8H,1-4H2;2*1H3;1H;;;;;1H/q;;2*-2;2*-1;;2*+1;+2;+4;/p-2/t2*20-,22+,23+,24-,25+,26+,28+,29-;;;;;;;;;;/m11........../s1/i;;;;;;;;;;;1+1. The van der Waals surface area contributed by atoms with Crippen molar-refractivity contribution in [1.29, 1.82) is 0 Å². The number of allylic oxidation sites excluding steroid dienone is 2. The van der Waals surface area contributed by atoms with Crippen LogP contribution in [0.2, 0.25) is 0 Å². The average Bonchev–Trinajstić information content (AvgIpc) is 1.30. The van der Waals surface area contributed by atoms with E-state index in [0.29, 0.717) is 22.7 Å². The first-order chi connectivity index (χ1) is 41.3. The summed E-state index contributed by atoms with van der Waals surface area (Å²) in [5, 5.41) is 4.30. The van der Waals surface area contributed by atoms with Crippen LogP contribution < -0.4 is 123 Å². The van der Waals surface area contributed by atoms with Crippen molar-refractivity contribution in [3.8, 4) is 0 Å². The minimum Gasteiger partial charge on any atom is -0.810 e.